The summed E-state index contributed by atoms with van der Waals surface area (Å²) in [6.45, 7) is 2.62. The summed E-state index contributed by atoms with van der Waals surface area (Å²) in [5.74, 6) is 0.779. The van der Waals surface area contributed by atoms with Gasteiger partial charge in [0.25, 0.3) is 0 Å². The number of ether oxygens (including phenoxy) is 1. The highest BCUT2D eigenvalue weighted by atomic mass is 32.2. The predicted octanol–water partition coefficient (Wildman–Crippen LogP) is 3.78. The predicted molar refractivity (Wildman–Crippen MR) is 94.7 cm³/mol. The molecule has 24 heavy (non-hydrogen) atoms. The van der Waals surface area contributed by atoms with Gasteiger partial charge in [0.15, 0.2) is 0 Å². The Labute approximate surface area is 144 Å². The van der Waals surface area contributed by atoms with Crippen molar-refractivity contribution in [2.45, 2.75) is 37.1 Å². The molecule has 1 aliphatic rings. The number of methoxy groups -OCH3 is 1. The quantitative estimate of drug-likeness (QED) is 0.828. The highest BCUT2D eigenvalue weighted by Gasteiger charge is 2.36. The third-order valence-corrected chi connectivity index (χ3v) is 6.56. The van der Waals surface area contributed by atoms with Crippen LogP contribution in [0.4, 0.5) is 0 Å². The van der Waals surface area contributed by atoms with Crippen LogP contribution < -0.4 is 4.74 Å². The topological polar surface area (TPSA) is 46.6 Å². The smallest absolute Gasteiger partial charge is 0.243 e. The van der Waals surface area contributed by atoms with E-state index in [4.69, 9.17) is 4.74 Å². The first-order valence-corrected chi connectivity index (χ1v) is 9.75. The molecule has 1 saturated heterocycles. The monoisotopic (exact) mass is 345 g/mol. The van der Waals surface area contributed by atoms with E-state index in [1.165, 1.54) is 0 Å². The normalized spacial score (nSPS) is 18.7. The van der Waals surface area contributed by atoms with E-state index in [1.807, 2.05) is 36.4 Å². The summed E-state index contributed by atoms with van der Waals surface area (Å²) >= 11 is 0. The summed E-state index contributed by atoms with van der Waals surface area (Å²) in [5, 5.41) is 0. The fraction of sp³-hybridized carbons (Fsp3) is 0.368. The van der Waals surface area contributed by atoms with Gasteiger partial charge >= 0.3 is 0 Å². The Morgan fingerprint density at radius 2 is 1.75 bits per heavy atom. The average molecular weight is 345 g/mol. The van der Waals surface area contributed by atoms with Crippen LogP contribution in [0, 0.1) is 0 Å². The average Bonchev–Trinajstić information content (AvgIpc) is 3.12. The second-order valence-electron chi connectivity index (χ2n) is 6.04. The van der Waals surface area contributed by atoms with Gasteiger partial charge in [-0.2, -0.15) is 4.31 Å². The lowest BCUT2D eigenvalue weighted by molar-refractivity contribution is 0.394. The van der Waals surface area contributed by atoms with Gasteiger partial charge in [-0.25, -0.2) is 8.42 Å². The number of aryl methyl sites for hydroxylation is 1. The molecule has 4 nitrogen and oxygen atoms in total. The van der Waals surface area contributed by atoms with Crippen LogP contribution in [-0.4, -0.2) is 26.4 Å². The molecule has 1 aliphatic heterocycles. The number of benzene rings is 2. The summed E-state index contributed by atoms with van der Waals surface area (Å²) < 4.78 is 32.9. The van der Waals surface area contributed by atoms with Crippen molar-refractivity contribution >= 4 is 10.0 Å². The third kappa shape index (κ3) is 3.19. The Kier molecular flexibility index (Phi) is 4.92. The van der Waals surface area contributed by atoms with E-state index in [9.17, 15) is 8.42 Å². The van der Waals surface area contributed by atoms with Crippen molar-refractivity contribution in [3.63, 3.8) is 0 Å². The molecular weight excluding hydrogens is 322 g/mol. The minimum atomic E-state index is -3.47. The summed E-state index contributed by atoms with van der Waals surface area (Å²) in [7, 11) is -1.85. The van der Waals surface area contributed by atoms with Crippen molar-refractivity contribution in [3.05, 3.63) is 59.7 Å². The number of rotatable bonds is 5. The molecule has 0 radical (unpaired) electrons. The zero-order chi connectivity index (χ0) is 17.2. The van der Waals surface area contributed by atoms with E-state index >= 15 is 0 Å². The first-order chi connectivity index (χ1) is 11.6. The summed E-state index contributed by atoms with van der Waals surface area (Å²) in [5.41, 5.74) is 2.16. The molecule has 3 rings (SSSR count). The number of sulfonamides is 1. The van der Waals surface area contributed by atoms with Gasteiger partial charge in [-0.1, -0.05) is 31.2 Å². The molecule has 5 heteroatoms. The first-order valence-electron chi connectivity index (χ1n) is 8.31. The van der Waals surface area contributed by atoms with Gasteiger partial charge in [0.05, 0.1) is 18.0 Å². The van der Waals surface area contributed by atoms with Gasteiger partial charge in [-0.3, -0.25) is 0 Å². The Morgan fingerprint density at radius 1 is 1.08 bits per heavy atom. The van der Waals surface area contributed by atoms with E-state index in [0.29, 0.717) is 11.4 Å². The Morgan fingerprint density at radius 3 is 2.33 bits per heavy atom. The molecule has 0 saturated carbocycles. The van der Waals surface area contributed by atoms with E-state index in [2.05, 4.69) is 6.92 Å². The van der Waals surface area contributed by atoms with Gasteiger partial charge in [0.2, 0.25) is 10.0 Å². The highest BCUT2D eigenvalue weighted by Crippen LogP contribution is 2.37. The molecule has 1 heterocycles. The van der Waals surface area contributed by atoms with Crippen LogP contribution >= 0.6 is 0 Å². The second kappa shape index (κ2) is 6.95. The third-order valence-electron chi connectivity index (χ3n) is 4.64. The molecular formula is C19H23NO3S. The first kappa shape index (κ1) is 17.0. The highest BCUT2D eigenvalue weighted by molar-refractivity contribution is 7.89. The van der Waals surface area contributed by atoms with Crippen molar-refractivity contribution in [1.29, 1.82) is 0 Å². The lowest BCUT2D eigenvalue weighted by atomic mass is 10.1. The maximum absolute atomic E-state index is 13.0. The molecule has 0 N–H and O–H groups in total. The standard InChI is InChI=1S/C19H23NO3S/c1-3-15-6-12-18(13-7-15)24(21,22)20-14-4-5-19(20)16-8-10-17(23-2)11-9-16/h6-13,19H,3-5,14H2,1-2H3. The fourth-order valence-electron chi connectivity index (χ4n) is 3.22. The number of hydrogen-bond acceptors (Lipinski definition) is 3. The Hall–Kier alpha value is -1.85. The Bertz CT molecular complexity index is 782. The van der Waals surface area contributed by atoms with Crippen molar-refractivity contribution in [2.24, 2.45) is 0 Å². The number of hydrogen-bond donors (Lipinski definition) is 0. The van der Waals surface area contributed by atoms with Crippen molar-refractivity contribution < 1.29 is 13.2 Å². The lowest BCUT2D eigenvalue weighted by Crippen LogP contribution is -2.30. The van der Waals surface area contributed by atoms with Crippen LogP contribution in [0.5, 0.6) is 5.75 Å². The van der Waals surface area contributed by atoms with Gasteiger partial charge < -0.3 is 4.74 Å². The zero-order valence-electron chi connectivity index (χ0n) is 14.1. The van der Waals surface area contributed by atoms with Crippen LogP contribution in [0.2, 0.25) is 0 Å². The van der Waals surface area contributed by atoms with Crippen LogP contribution in [0.25, 0.3) is 0 Å². The molecule has 0 amide bonds. The molecule has 0 bridgehead atoms. The molecule has 1 unspecified atom stereocenters. The maximum atomic E-state index is 13.0. The zero-order valence-corrected chi connectivity index (χ0v) is 14.9. The van der Waals surface area contributed by atoms with Crippen molar-refractivity contribution in [2.75, 3.05) is 13.7 Å². The Balaban J connectivity index is 1.90. The van der Waals surface area contributed by atoms with E-state index < -0.39 is 10.0 Å². The molecule has 0 aliphatic carbocycles. The van der Waals surface area contributed by atoms with Gasteiger partial charge in [0.1, 0.15) is 5.75 Å². The maximum Gasteiger partial charge on any atom is 0.243 e. The molecule has 0 spiro atoms. The van der Waals surface area contributed by atoms with E-state index in [0.717, 1.165) is 36.1 Å². The van der Waals surface area contributed by atoms with Crippen LogP contribution in [0.3, 0.4) is 0 Å². The number of nitrogens with zero attached hydrogens (tertiary/aromatic N) is 1. The molecule has 2 aromatic rings. The van der Waals surface area contributed by atoms with Gasteiger partial charge in [-0.05, 0) is 54.7 Å². The van der Waals surface area contributed by atoms with Gasteiger partial charge in [0, 0.05) is 6.54 Å². The second-order valence-corrected chi connectivity index (χ2v) is 7.94. The molecule has 2 aromatic carbocycles. The molecule has 0 aromatic heterocycles. The molecule has 128 valence electrons. The van der Waals surface area contributed by atoms with E-state index in [1.54, 1.807) is 23.5 Å². The fourth-order valence-corrected chi connectivity index (χ4v) is 4.90. The summed E-state index contributed by atoms with van der Waals surface area (Å²) in [6.07, 6.45) is 2.63. The summed E-state index contributed by atoms with van der Waals surface area (Å²) in [6, 6.07) is 14.8. The van der Waals surface area contributed by atoms with Gasteiger partial charge in [-0.15, -0.1) is 0 Å². The molecule has 1 atom stereocenters. The largest absolute Gasteiger partial charge is 0.497 e. The van der Waals surface area contributed by atoms with E-state index in [-0.39, 0.29) is 6.04 Å². The van der Waals surface area contributed by atoms with Crippen LogP contribution in [0.15, 0.2) is 53.4 Å². The van der Waals surface area contributed by atoms with Crippen molar-refractivity contribution in [1.82, 2.24) is 4.31 Å². The minimum absolute atomic E-state index is 0.105. The van der Waals surface area contributed by atoms with Crippen molar-refractivity contribution in [3.8, 4) is 5.75 Å². The SMILES string of the molecule is CCc1ccc(S(=O)(=O)N2CCCC2c2ccc(OC)cc2)cc1. The molecule has 1 fully saturated rings. The van der Waals surface area contributed by atoms with Crippen LogP contribution in [0.1, 0.15) is 36.9 Å². The lowest BCUT2D eigenvalue weighted by Gasteiger charge is -2.24. The summed E-state index contributed by atoms with van der Waals surface area (Å²) in [4.78, 5) is 0.375. The minimum Gasteiger partial charge on any atom is -0.497 e. The van der Waals surface area contributed by atoms with Crippen LogP contribution in [-0.2, 0) is 16.4 Å².